The van der Waals surface area contributed by atoms with Crippen LogP contribution in [-0.4, -0.2) is 31.9 Å². The van der Waals surface area contributed by atoms with Crippen LogP contribution in [0.3, 0.4) is 0 Å². The molecule has 0 saturated carbocycles. The molecule has 1 unspecified atom stereocenters. The number of nitrogens with zero attached hydrogens (tertiary/aromatic N) is 1. The van der Waals surface area contributed by atoms with Gasteiger partial charge in [-0.2, -0.15) is 0 Å². The van der Waals surface area contributed by atoms with Crippen molar-refractivity contribution in [1.82, 2.24) is 0 Å². The van der Waals surface area contributed by atoms with Gasteiger partial charge < -0.3 is 4.90 Å². The number of rotatable bonds is 5. The van der Waals surface area contributed by atoms with Crippen molar-refractivity contribution in [2.24, 2.45) is 5.92 Å². The van der Waals surface area contributed by atoms with Gasteiger partial charge in [-0.3, -0.25) is 4.79 Å². The molecule has 7 heteroatoms. The second kappa shape index (κ2) is 6.58. The van der Waals surface area contributed by atoms with Crippen molar-refractivity contribution in [2.45, 2.75) is 30.4 Å². The first-order chi connectivity index (χ1) is 9.76. The van der Waals surface area contributed by atoms with Gasteiger partial charge in [0.05, 0.1) is 11.4 Å². The van der Waals surface area contributed by atoms with E-state index in [1.807, 2.05) is 24.3 Å². The van der Waals surface area contributed by atoms with Crippen molar-refractivity contribution in [3.8, 4) is 0 Å². The number of halogens is 1. The maximum atomic E-state index is 12.2. The van der Waals surface area contributed by atoms with E-state index in [1.54, 1.807) is 16.7 Å². The number of amides is 1. The van der Waals surface area contributed by atoms with Crippen LogP contribution >= 0.6 is 22.4 Å². The highest BCUT2D eigenvalue weighted by Gasteiger charge is 2.34. The monoisotopic (exact) mass is 347 g/mol. The van der Waals surface area contributed by atoms with E-state index in [2.05, 4.69) is 13.8 Å². The Kier molecular flexibility index (Phi) is 5.22. The van der Waals surface area contributed by atoms with Gasteiger partial charge >= 0.3 is 0 Å². The summed E-state index contributed by atoms with van der Waals surface area (Å²) in [6.45, 7) is 4.59. The average Bonchev–Trinajstić information content (AvgIpc) is 2.67. The number of benzene rings is 1. The van der Waals surface area contributed by atoms with Crippen LogP contribution in [-0.2, 0) is 13.8 Å². The standard InChI is InChI=1S/C14H18ClNO3S2/c1-10(2)20-13-6-4-3-5-12(13)16-8-11(7-14(16)17)9-21(15,18)19/h3-6,10-11H,7-9H2,1-2H3. The highest BCUT2D eigenvalue weighted by Crippen LogP contribution is 2.36. The molecule has 1 atom stereocenters. The number of carbonyl (C=O) groups is 1. The van der Waals surface area contributed by atoms with Crippen molar-refractivity contribution >= 4 is 43.1 Å². The number of hydrogen-bond donors (Lipinski definition) is 0. The van der Waals surface area contributed by atoms with Crippen molar-refractivity contribution < 1.29 is 13.2 Å². The molecule has 1 saturated heterocycles. The molecule has 116 valence electrons. The number of thioether (sulfide) groups is 1. The number of carbonyl (C=O) groups excluding carboxylic acids is 1. The van der Waals surface area contributed by atoms with Gasteiger partial charge in [-0.05, 0) is 12.1 Å². The minimum atomic E-state index is -3.58. The number of para-hydroxylation sites is 1. The van der Waals surface area contributed by atoms with Crippen LogP contribution in [0.4, 0.5) is 5.69 Å². The maximum Gasteiger partial charge on any atom is 0.232 e. The summed E-state index contributed by atoms with van der Waals surface area (Å²) in [5.74, 6) is -0.440. The zero-order valence-electron chi connectivity index (χ0n) is 12.0. The Morgan fingerprint density at radius 2 is 2.05 bits per heavy atom. The molecule has 1 aromatic rings. The fourth-order valence-electron chi connectivity index (χ4n) is 2.44. The summed E-state index contributed by atoms with van der Waals surface area (Å²) >= 11 is 1.69. The van der Waals surface area contributed by atoms with Gasteiger partial charge in [0.2, 0.25) is 15.0 Å². The van der Waals surface area contributed by atoms with Gasteiger partial charge in [0.25, 0.3) is 0 Å². The van der Waals surface area contributed by atoms with Crippen LogP contribution in [0.1, 0.15) is 20.3 Å². The topological polar surface area (TPSA) is 54.5 Å². The lowest BCUT2D eigenvalue weighted by molar-refractivity contribution is -0.117. The number of hydrogen-bond acceptors (Lipinski definition) is 4. The fraction of sp³-hybridized carbons (Fsp3) is 0.500. The number of anilines is 1. The molecule has 0 N–H and O–H groups in total. The second-order valence-corrected chi connectivity index (χ2v) is 9.85. The lowest BCUT2D eigenvalue weighted by Crippen LogP contribution is -2.26. The predicted molar refractivity (Wildman–Crippen MR) is 87.5 cm³/mol. The lowest BCUT2D eigenvalue weighted by atomic mass is 10.1. The third-order valence-corrected chi connectivity index (χ3v) is 5.48. The van der Waals surface area contributed by atoms with Crippen LogP contribution < -0.4 is 4.90 Å². The van der Waals surface area contributed by atoms with Crippen LogP contribution in [0, 0.1) is 5.92 Å². The summed E-state index contributed by atoms with van der Waals surface area (Å²) in [6.07, 6.45) is 0.229. The molecule has 1 aliphatic rings. The predicted octanol–water partition coefficient (Wildman–Crippen LogP) is 3.11. The summed E-state index contributed by atoms with van der Waals surface area (Å²) in [5, 5.41) is 0.405. The summed E-state index contributed by atoms with van der Waals surface area (Å²) in [7, 11) is 1.72. The highest BCUT2D eigenvalue weighted by molar-refractivity contribution is 8.13. The van der Waals surface area contributed by atoms with E-state index in [0.29, 0.717) is 11.8 Å². The summed E-state index contributed by atoms with van der Waals surface area (Å²) < 4.78 is 22.4. The largest absolute Gasteiger partial charge is 0.311 e. The van der Waals surface area contributed by atoms with E-state index < -0.39 is 9.05 Å². The van der Waals surface area contributed by atoms with Crippen LogP contribution in [0.25, 0.3) is 0 Å². The molecule has 4 nitrogen and oxygen atoms in total. The molecule has 0 radical (unpaired) electrons. The Balaban J connectivity index is 2.21. The molecule has 0 aliphatic carbocycles. The second-order valence-electron chi connectivity index (χ2n) is 5.41. The molecule has 1 amide bonds. The third-order valence-electron chi connectivity index (χ3n) is 3.16. The molecule has 1 aliphatic heterocycles. The molecule has 0 spiro atoms. The Labute approximate surface area is 134 Å². The zero-order chi connectivity index (χ0) is 15.6. The summed E-state index contributed by atoms with van der Waals surface area (Å²) in [5.41, 5.74) is 0.857. The van der Waals surface area contributed by atoms with Gasteiger partial charge in [0.15, 0.2) is 0 Å². The first kappa shape index (κ1) is 16.6. The van der Waals surface area contributed by atoms with E-state index >= 15 is 0 Å². The molecule has 1 heterocycles. The van der Waals surface area contributed by atoms with E-state index in [1.165, 1.54) is 0 Å². The Morgan fingerprint density at radius 3 is 2.67 bits per heavy atom. The molecule has 21 heavy (non-hydrogen) atoms. The molecule has 1 aromatic carbocycles. The van der Waals surface area contributed by atoms with Crippen LogP contribution in [0.5, 0.6) is 0 Å². The minimum Gasteiger partial charge on any atom is -0.311 e. The maximum absolute atomic E-state index is 12.2. The van der Waals surface area contributed by atoms with Crippen LogP contribution in [0.2, 0.25) is 0 Å². The molecular weight excluding hydrogens is 330 g/mol. The van der Waals surface area contributed by atoms with Gasteiger partial charge in [-0.15, -0.1) is 11.8 Å². The van der Waals surface area contributed by atoms with Gasteiger partial charge in [-0.1, -0.05) is 26.0 Å². The summed E-state index contributed by atoms with van der Waals surface area (Å²) in [6, 6.07) is 7.72. The van der Waals surface area contributed by atoms with Gasteiger partial charge in [0.1, 0.15) is 0 Å². The first-order valence-corrected chi connectivity index (χ1v) is 10.1. The Bertz CT molecular complexity index is 631. The first-order valence-electron chi connectivity index (χ1n) is 6.74. The van der Waals surface area contributed by atoms with Crippen molar-refractivity contribution in [1.29, 1.82) is 0 Å². The quantitative estimate of drug-likeness (QED) is 0.606. The van der Waals surface area contributed by atoms with E-state index in [0.717, 1.165) is 10.6 Å². The minimum absolute atomic E-state index is 0.0443. The molecular formula is C14H18ClNO3S2. The van der Waals surface area contributed by atoms with Crippen LogP contribution in [0.15, 0.2) is 29.2 Å². The van der Waals surface area contributed by atoms with Crippen molar-refractivity contribution in [3.05, 3.63) is 24.3 Å². The normalized spacial score (nSPS) is 19.5. The average molecular weight is 348 g/mol. The van der Waals surface area contributed by atoms with E-state index in [9.17, 15) is 13.2 Å². The molecule has 0 bridgehead atoms. The SMILES string of the molecule is CC(C)Sc1ccccc1N1CC(CS(=O)(=O)Cl)CC1=O. The Hall–Kier alpha value is -0.720. The Morgan fingerprint density at radius 1 is 1.38 bits per heavy atom. The smallest absolute Gasteiger partial charge is 0.232 e. The van der Waals surface area contributed by atoms with E-state index in [-0.39, 0.29) is 24.0 Å². The highest BCUT2D eigenvalue weighted by atomic mass is 35.7. The molecule has 0 aromatic heterocycles. The fourth-order valence-corrected chi connectivity index (χ4v) is 4.73. The summed E-state index contributed by atoms with van der Waals surface area (Å²) in [4.78, 5) is 14.9. The van der Waals surface area contributed by atoms with Crippen molar-refractivity contribution in [3.63, 3.8) is 0 Å². The zero-order valence-corrected chi connectivity index (χ0v) is 14.3. The van der Waals surface area contributed by atoms with E-state index in [4.69, 9.17) is 10.7 Å². The lowest BCUT2D eigenvalue weighted by Gasteiger charge is -2.20. The molecule has 1 fully saturated rings. The third kappa shape index (κ3) is 4.63. The van der Waals surface area contributed by atoms with Gasteiger partial charge in [0, 0.05) is 39.7 Å². The van der Waals surface area contributed by atoms with Gasteiger partial charge in [-0.25, -0.2) is 8.42 Å². The van der Waals surface area contributed by atoms with Crippen molar-refractivity contribution in [2.75, 3.05) is 17.2 Å². The molecule has 2 rings (SSSR count).